The molecule has 0 aliphatic rings. The molecule has 6 heteroatoms. The molecule has 0 saturated carbocycles. The molecule has 3 aromatic carbocycles. The van der Waals surface area contributed by atoms with Crippen LogP contribution in [0.15, 0.2) is 83.0 Å². The van der Waals surface area contributed by atoms with E-state index in [1.807, 2.05) is 36.4 Å². The average Bonchev–Trinajstić information content (AvgIpc) is 3.19. The van der Waals surface area contributed by atoms with Gasteiger partial charge in [0.2, 0.25) is 5.13 Å². The van der Waals surface area contributed by atoms with Gasteiger partial charge in [0.15, 0.2) is 0 Å². The minimum absolute atomic E-state index is 0.636. The van der Waals surface area contributed by atoms with Gasteiger partial charge < -0.3 is 9.64 Å². The van der Waals surface area contributed by atoms with E-state index in [-0.39, 0.29) is 0 Å². The molecule has 0 bridgehead atoms. The molecule has 0 fully saturated rings. The van der Waals surface area contributed by atoms with Gasteiger partial charge in [-0.1, -0.05) is 41.7 Å². The van der Waals surface area contributed by atoms with Crippen molar-refractivity contribution in [3.63, 3.8) is 0 Å². The maximum absolute atomic E-state index is 5.26. The summed E-state index contributed by atoms with van der Waals surface area (Å²) in [5.41, 5.74) is 4.17. The van der Waals surface area contributed by atoms with Gasteiger partial charge in [-0.3, -0.25) is 0 Å². The number of hydrogen-bond donors (Lipinski definition) is 0. The Morgan fingerprint density at radius 2 is 1.76 bits per heavy atom. The predicted molar refractivity (Wildman–Crippen MR) is 120 cm³/mol. The van der Waals surface area contributed by atoms with Crippen molar-refractivity contribution in [3.05, 3.63) is 78.4 Å². The Kier molecular flexibility index (Phi) is 5.81. The lowest BCUT2D eigenvalue weighted by Crippen LogP contribution is -2.21. The number of methoxy groups -OCH3 is 1. The van der Waals surface area contributed by atoms with Crippen LogP contribution in [0.1, 0.15) is 12.5 Å². The van der Waals surface area contributed by atoms with Crippen LogP contribution in [-0.2, 0) is 6.54 Å². The zero-order chi connectivity index (χ0) is 20.1. The fraction of sp³-hybridized carbons (Fsp3) is 0.174. The minimum atomic E-state index is 0.636. The summed E-state index contributed by atoms with van der Waals surface area (Å²) in [7, 11) is 1.66. The zero-order valence-corrected chi connectivity index (χ0v) is 17.3. The van der Waals surface area contributed by atoms with E-state index < -0.39 is 0 Å². The SMILES string of the molecule is CCN(Cc1ccccc1)c1ccc(N=Nc2nc3ccc(OC)cc3s2)cc1. The van der Waals surface area contributed by atoms with Crippen molar-refractivity contribution in [3.8, 4) is 5.75 Å². The summed E-state index contributed by atoms with van der Waals surface area (Å²) in [5, 5.41) is 9.29. The number of benzene rings is 3. The van der Waals surface area contributed by atoms with Crippen LogP contribution in [0.2, 0.25) is 0 Å². The van der Waals surface area contributed by atoms with E-state index in [9.17, 15) is 0 Å². The summed E-state index contributed by atoms with van der Waals surface area (Å²) in [5.74, 6) is 0.816. The lowest BCUT2D eigenvalue weighted by molar-refractivity contribution is 0.415. The van der Waals surface area contributed by atoms with E-state index >= 15 is 0 Å². The van der Waals surface area contributed by atoms with Crippen LogP contribution in [-0.4, -0.2) is 18.6 Å². The molecule has 1 heterocycles. The van der Waals surface area contributed by atoms with Crippen LogP contribution in [0, 0.1) is 0 Å². The van der Waals surface area contributed by atoms with Gasteiger partial charge in [-0.15, -0.1) is 10.2 Å². The van der Waals surface area contributed by atoms with Crippen molar-refractivity contribution in [2.75, 3.05) is 18.6 Å². The highest BCUT2D eigenvalue weighted by Crippen LogP contribution is 2.32. The van der Waals surface area contributed by atoms with Crippen molar-refractivity contribution in [1.29, 1.82) is 0 Å². The summed E-state index contributed by atoms with van der Waals surface area (Å²) >= 11 is 1.50. The van der Waals surface area contributed by atoms with Crippen LogP contribution in [0.4, 0.5) is 16.5 Å². The summed E-state index contributed by atoms with van der Waals surface area (Å²) in [6, 6.07) is 24.4. The van der Waals surface area contributed by atoms with Gasteiger partial charge in [0.05, 0.1) is 23.0 Å². The third-order valence-corrected chi connectivity index (χ3v) is 5.55. The van der Waals surface area contributed by atoms with E-state index in [4.69, 9.17) is 4.74 Å². The second-order valence-corrected chi connectivity index (χ2v) is 7.56. The highest BCUT2D eigenvalue weighted by atomic mass is 32.1. The number of thiazole rings is 1. The first-order valence-electron chi connectivity index (χ1n) is 9.50. The molecule has 0 unspecified atom stereocenters. The van der Waals surface area contributed by atoms with Crippen molar-refractivity contribution in [2.24, 2.45) is 10.2 Å². The van der Waals surface area contributed by atoms with Gasteiger partial charge in [0, 0.05) is 18.8 Å². The standard InChI is InChI=1S/C23H22N4OS/c1-3-27(16-17-7-5-4-6-8-17)19-11-9-18(10-12-19)25-26-23-24-21-14-13-20(28-2)15-22(21)29-23/h4-15H,3,16H2,1-2H3. The fourth-order valence-electron chi connectivity index (χ4n) is 3.08. The number of aromatic nitrogens is 1. The second-order valence-electron chi connectivity index (χ2n) is 6.55. The molecule has 29 heavy (non-hydrogen) atoms. The first kappa shape index (κ1) is 19.1. The van der Waals surface area contributed by atoms with Gasteiger partial charge >= 0.3 is 0 Å². The Bertz CT molecular complexity index is 1110. The number of azo groups is 1. The van der Waals surface area contributed by atoms with Gasteiger partial charge in [-0.25, -0.2) is 4.98 Å². The molecular formula is C23H22N4OS. The quantitative estimate of drug-likeness (QED) is 0.321. The highest BCUT2D eigenvalue weighted by Gasteiger charge is 2.06. The molecule has 0 radical (unpaired) electrons. The molecular weight excluding hydrogens is 380 g/mol. The maximum atomic E-state index is 5.26. The number of hydrogen-bond acceptors (Lipinski definition) is 6. The molecule has 0 saturated heterocycles. The maximum Gasteiger partial charge on any atom is 0.231 e. The Morgan fingerprint density at radius 1 is 0.966 bits per heavy atom. The van der Waals surface area contributed by atoms with Crippen LogP contribution >= 0.6 is 11.3 Å². The van der Waals surface area contributed by atoms with Crippen LogP contribution in [0.5, 0.6) is 5.75 Å². The number of ether oxygens (including phenoxy) is 1. The summed E-state index contributed by atoms with van der Waals surface area (Å²) < 4.78 is 6.29. The molecule has 0 N–H and O–H groups in total. The molecule has 0 aliphatic carbocycles. The van der Waals surface area contributed by atoms with E-state index in [2.05, 4.69) is 63.4 Å². The predicted octanol–water partition coefficient (Wildman–Crippen LogP) is 6.75. The Balaban J connectivity index is 1.47. The van der Waals surface area contributed by atoms with Gasteiger partial charge in [0.1, 0.15) is 5.75 Å². The smallest absolute Gasteiger partial charge is 0.231 e. The third kappa shape index (κ3) is 4.60. The van der Waals surface area contributed by atoms with Crippen molar-refractivity contribution >= 4 is 38.1 Å². The molecule has 4 aromatic rings. The Morgan fingerprint density at radius 3 is 2.48 bits per heavy atom. The molecule has 5 nitrogen and oxygen atoms in total. The lowest BCUT2D eigenvalue weighted by atomic mass is 10.2. The van der Waals surface area contributed by atoms with E-state index in [1.54, 1.807) is 7.11 Å². The van der Waals surface area contributed by atoms with Crippen molar-refractivity contribution in [1.82, 2.24) is 4.98 Å². The lowest BCUT2D eigenvalue weighted by Gasteiger charge is -2.23. The Hall–Kier alpha value is -3.25. The first-order valence-corrected chi connectivity index (χ1v) is 10.3. The highest BCUT2D eigenvalue weighted by molar-refractivity contribution is 7.21. The topological polar surface area (TPSA) is 50.1 Å². The van der Waals surface area contributed by atoms with Crippen LogP contribution in [0.3, 0.4) is 0 Å². The molecule has 4 rings (SSSR count). The molecule has 0 spiro atoms. The monoisotopic (exact) mass is 402 g/mol. The molecule has 1 aromatic heterocycles. The molecule has 0 atom stereocenters. The number of rotatable bonds is 7. The average molecular weight is 403 g/mol. The first-order chi connectivity index (χ1) is 14.2. The number of fused-ring (bicyclic) bond motifs is 1. The largest absolute Gasteiger partial charge is 0.497 e. The normalized spacial score (nSPS) is 11.2. The summed E-state index contributed by atoms with van der Waals surface area (Å²) in [4.78, 5) is 6.83. The summed E-state index contributed by atoms with van der Waals surface area (Å²) in [6.45, 7) is 3.98. The zero-order valence-electron chi connectivity index (χ0n) is 16.4. The van der Waals surface area contributed by atoms with Gasteiger partial charge in [-0.2, -0.15) is 0 Å². The number of nitrogens with zero attached hydrogens (tertiary/aromatic N) is 4. The fourth-order valence-corrected chi connectivity index (χ4v) is 3.90. The second kappa shape index (κ2) is 8.84. The van der Waals surface area contributed by atoms with Gasteiger partial charge in [0.25, 0.3) is 0 Å². The Labute approximate surface area is 174 Å². The van der Waals surface area contributed by atoms with Crippen molar-refractivity contribution in [2.45, 2.75) is 13.5 Å². The molecule has 0 aliphatic heterocycles. The van der Waals surface area contributed by atoms with Gasteiger partial charge in [-0.05, 0) is 55.0 Å². The van der Waals surface area contributed by atoms with Crippen molar-refractivity contribution < 1.29 is 4.74 Å². The molecule has 0 amide bonds. The third-order valence-electron chi connectivity index (χ3n) is 4.65. The number of anilines is 1. The molecule has 146 valence electrons. The van der Waals surface area contributed by atoms with Crippen LogP contribution in [0.25, 0.3) is 10.2 Å². The summed E-state index contributed by atoms with van der Waals surface area (Å²) in [6.07, 6.45) is 0. The van der Waals surface area contributed by atoms with E-state index in [0.29, 0.717) is 5.13 Å². The minimum Gasteiger partial charge on any atom is -0.497 e. The van der Waals surface area contributed by atoms with Crippen LogP contribution < -0.4 is 9.64 Å². The van der Waals surface area contributed by atoms with E-state index in [1.165, 1.54) is 22.6 Å². The van der Waals surface area contributed by atoms with E-state index in [0.717, 1.165) is 34.7 Å².